The van der Waals surface area contributed by atoms with Crippen LogP contribution in [-0.2, 0) is 4.84 Å². The first-order valence-corrected chi connectivity index (χ1v) is 5.92. The van der Waals surface area contributed by atoms with Crippen LogP contribution in [0.4, 0.5) is 0 Å². The largest absolute Gasteiger partial charge is 0.297 e. The van der Waals surface area contributed by atoms with Crippen LogP contribution in [0.25, 0.3) is 0 Å². The summed E-state index contributed by atoms with van der Waals surface area (Å²) >= 11 is 0. The van der Waals surface area contributed by atoms with Crippen molar-refractivity contribution in [3.63, 3.8) is 0 Å². The quantitative estimate of drug-likeness (QED) is 0.782. The second-order valence-corrected chi connectivity index (χ2v) is 4.14. The minimum absolute atomic E-state index is 0.0760. The van der Waals surface area contributed by atoms with Gasteiger partial charge < -0.3 is 0 Å². The van der Waals surface area contributed by atoms with Crippen LogP contribution in [0.3, 0.4) is 0 Å². The first-order chi connectivity index (χ1) is 9.15. The summed E-state index contributed by atoms with van der Waals surface area (Å²) in [6.07, 6.45) is 1.44. The molecule has 0 unspecified atom stereocenters. The Morgan fingerprint density at radius 2 is 2.05 bits per heavy atom. The maximum Gasteiger partial charge on any atom is 0.297 e. The molecule has 0 aliphatic heterocycles. The number of hydrogen-bond acceptors (Lipinski definition) is 4. The van der Waals surface area contributed by atoms with Crippen molar-refractivity contribution in [2.45, 2.75) is 13.0 Å². The average molecular weight is 260 g/mol. The van der Waals surface area contributed by atoms with Crippen LogP contribution in [0.1, 0.15) is 29.0 Å². The van der Waals surface area contributed by atoms with Crippen molar-refractivity contribution in [2.75, 3.05) is 14.2 Å². The molecule has 6 nitrogen and oxygen atoms in total. The van der Waals surface area contributed by atoms with Gasteiger partial charge in [-0.3, -0.25) is 9.63 Å². The number of hydrogen-bond donors (Lipinski definition) is 0. The molecule has 100 valence electrons. The highest BCUT2D eigenvalue weighted by atomic mass is 16.7. The monoisotopic (exact) mass is 260 g/mol. The first kappa shape index (κ1) is 13.2. The first-order valence-electron chi connectivity index (χ1n) is 5.92. The van der Waals surface area contributed by atoms with Gasteiger partial charge in [-0.25, -0.2) is 9.75 Å². The van der Waals surface area contributed by atoms with Crippen LogP contribution in [0.2, 0.25) is 0 Å². The van der Waals surface area contributed by atoms with Gasteiger partial charge in [0.25, 0.3) is 5.91 Å². The molecule has 0 fully saturated rings. The summed E-state index contributed by atoms with van der Waals surface area (Å²) in [6.45, 7) is 1.97. The molecule has 2 aromatic rings. The van der Waals surface area contributed by atoms with Crippen LogP contribution in [0.5, 0.6) is 0 Å². The Kier molecular flexibility index (Phi) is 3.91. The van der Waals surface area contributed by atoms with Crippen LogP contribution in [0, 0.1) is 0 Å². The Bertz CT molecular complexity index is 553. The van der Waals surface area contributed by atoms with Crippen molar-refractivity contribution in [3.05, 3.63) is 47.8 Å². The van der Waals surface area contributed by atoms with Crippen molar-refractivity contribution in [2.24, 2.45) is 0 Å². The van der Waals surface area contributed by atoms with Gasteiger partial charge in [0.15, 0.2) is 0 Å². The lowest BCUT2D eigenvalue weighted by Gasteiger charge is -2.17. The SMILES string of the molecule is CON(C)C(=O)c1cnnn1[C@H](C)c1ccccc1. The molecule has 0 aliphatic carbocycles. The lowest BCUT2D eigenvalue weighted by molar-refractivity contribution is -0.0764. The Hall–Kier alpha value is -2.21. The fourth-order valence-electron chi connectivity index (χ4n) is 1.80. The van der Waals surface area contributed by atoms with Crippen LogP contribution in [0.15, 0.2) is 36.5 Å². The van der Waals surface area contributed by atoms with Gasteiger partial charge >= 0.3 is 0 Å². The van der Waals surface area contributed by atoms with E-state index in [1.807, 2.05) is 37.3 Å². The number of carbonyl (C=O) groups is 1. The average Bonchev–Trinajstić information content (AvgIpc) is 2.95. The molecule has 1 amide bonds. The molecule has 0 saturated heterocycles. The predicted molar refractivity (Wildman–Crippen MR) is 69.4 cm³/mol. The zero-order valence-corrected chi connectivity index (χ0v) is 11.1. The minimum Gasteiger partial charge on any atom is -0.274 e. The minimum atomic E-state index is -0.282. The van der Waals surface area contributed by atoms with E-state index in [0.29, 0.717) is 5.69 Å². The van der Waals surface area contributed by atoms with Gasteiger partial charge in [-0.15, -0.1) is 5.10 Å². The Morgan fingerprint density at radius 1 is 1.37 bits per heavy atom. The zero-order valence-electron chi connectivity index (χ0n) is 11.1. The number of aromatic nitrogens is 3. The van der Waals surface area contributed by atoms with E-state index in [1.54, 1.807) is 11.7 Å². The third kappa shape index (κ3) is 2.63. The van der Waals surface area contributed by atoms with E-state index in [2.05, 4.69) is 10.3 Å². The summed E-state index contributed by atoms with van der Waals surface area (Å²) in [5, 5.41) is 8.96. The molecule has 2 rings (SSSR count). The molecule has 0 bridgehead atoms. The summed E-state index contributed by atoms with van der Waals surface area (Å²) < 4.78 is 1.59. The molecule has 0 radical (unpaired) electrons. The summed E-state index contributed by atoms with van der Waals surface area (Å²) in [7, 11) is 2.99. The maximum absolute atomic E-state index is 12.1. The molecule has 0 aliphatic rings. The van der Waals surface area contributed by atoms with E-state index in [-0.39, 0.29) is 11.9 Å². The normalized spacial score (nSPS) is 12.2. The number of carbonyl (C=O) groups excluding carboxylic acids is 1. The van der Waals surface area contributed by atoms with E-state index in [1.165, 1.54) is 13.3 Å². The van der Waals surface area contributed by atoms with E-state index in [4.69, 9.17) is 4.84 Å². The molecule has 0 saturated carbocycles. The lowest BCUT2D eigenvalue weighted by Crippen LogP contribution is -2.28. The molecule has 1 atom stereocenters. The summed E-state index contributed by atoms with van der Waals surface area (Å²) in [4.78, 5) is 17.0. The number of nitrogens with zero attached hydrogens (tertiary/aromatic N) is 4. The van der Waals surface area contributed by atoms with Crippen molar-refractivity contribution < 1.29 is 9.63 Å². The molecule has 6 heteroatoms. The number of amides is 1. The Morgan fingerprint density at radius 3 is 2.68 bits per heavy atom. The standard InChI is InChI=1S/C13H16N4O2/c1-10(11-7-5-4-6-8-11)17-12(9-14-15-17)13(18)16(2)19-3/h4-10H,1-3H3/t10-/m1/s1. The maximum atomic E-state index is 12.1. The van der Waals surface area contributed by atoms with Gasteiger partial charge in [-0.1, -0.05) is 35.5 Å². The number of rotatable bonds is 4. The van der Waals surface area contributed by atoms with Gasteiger partial charge in [0, 0.05) is 7.05 Å². The summed E-state index contributed by atoms with van der Waals surface area (Å²) in [6, 6.07) is 9.74. The third-order valence-corrected chi connectivity index (χ3v) is 3.00. The second-order valence-electron chi connectivity index (χ2n) is 4.14. The van der Waals surface area contributed by atoms with Crippen molar-refractivity contribution in [1.82, 2.24) is 20.1 Å². The number of benzene rings is 1. The van der Waals surface area contributed by atoms with Gasteiger partial charge in [-0.05, 0) is 12.5 Å². The molecule has 0 N–H and O–H groups in total. The third-order valence-electron chi connectivity index (χ3n) is 3.00. The van der Waals surface area contributed by atoms with Gasteiger partial charge in [0.05, 0.1) is 19.3 Å². The van der Waals surface area contributed by atoms with Crippen LogP contribution in [-0.4, -0.2) is 40.1 Å². The van der Waals surface area contributed by atoms with Crippen molar-refractivity contribution in [3.8, 4) is 0 Å². The summed E-state index contributed by atoms with van der Waals surface area (Å²) in [5.41, 5.74) is 1.45. The lowest BCUT2D eigenvalue weighted by atomic mass is 10.1. The molecule has 0 spiro atoms. The van der Waals surface area contributed by atoms with E-state index < -0.39 is 0 Å². The van der Waals surface area contributed by atoms with E-state index >= 15 is 0 Å². The van der Waals surface area contributed by atoms with Crippen LogP contribution < -0.4 is 0 Å². The topological polar surface area (TPSA) is 60.2 Å². The molecule has 1 aromatic heterocycles. The zero-order chi connectivity index (χ0) is 13.8. The molecular weight excluding hydrogens is 244 g/mol. The van der Waals surface area contributed by atoms with Gasteiger partial charge in [-0.2, -0.15) is 0 Å². The van der Waals surface area contributed by atoms with Gasteiger partial charge in [0.2, 0.25) is 0 Å². The highest BCUT2D eigenvalue weighted by molar-refractivity contribution is 5.91. The van der Waals surface area contributed by atoms with Crippen LogP contribution >= 0.6 is 0 Å². The Balaban J connectivity index is 2.32. The van der Waals surface area contributed by atoms with Crippen molar-refractivity contribution in [1.29, 1.82) is 0 Å². The van der Waals surface area contributed by atoms with E-state index in [9.17, 15) is 4.79 Å². The Labute approximate surface area is 111 Å². The van der Waals surface area contributed by atoms with Crippen molar-refractivity contribution >= 4 is 5.91 Å². The highest BCUT2D eigenvalue weighted by Gasteiger charge is 2.21. The fraction of sp³-hybridized carbons (Fsp3) is 0.308. The molecule has 19 heavy (non-hydrogen) atoms. The van der Waals surface area contributed by atoms with Gasteiger partial charge in [0.1, 0.15) is 5.69 Å². The predicted octanol–water partition coefficient (Wildman–Crippen LogP) is 1.52. The molecule has 1 aromatic carbocycles. The molecule has 1 heterocycles. The van der Waals surface area contributed by atoms with E-state index in [0.717, 1.165) is 10.6 Å². The summed E-state index contributed by atoms with van der Waals surface area (Å²) in [5.74, 6) is -0.282. The second kappa shape index (κ2) is 5.62. The smallest absolute Gasteiger partial charge is 0.274 e. The fourth-order valence-corrected chi connectivity index (χ4v) is 1.80. The molecular formula is C13H16N4O2. The number of hydroxylamine groups is 2. The highest BCUT2D eigenvalue weighted by Crippen LogP contribution is 2.18.